The molecule has 0 saturated heterocycles. The van der Waals surface area contributed by atoms with Crippen molar-refractivity contribution >= 4 is 0 Å². The number of aliphatic hydroxyl groups is 1. The Kier molecular flexibility index (Phi) is 2.98. The van der Waals surface area contributed by atoms with Crippen molar-refractivity contribution in [3.05, 3.63) is 47.3 Å². The normalized spacial score (nSPS) is 12.8. The Morgan fingerprint density at radius 2 is 2.06 bits per heavy atom. The van der Waals surface area contributed by atoms with Crippen LogP contribution in [0.25, 0.3) is 5.69 Å². The third-order valence-corrected chi connectivity index (χ3v) is 2.97. The van der Waals surface area contributed by atoms with E-state index in [1.807, 2.05) is 13.8 Å². The minimum Gasteiger partial charge on any atom is -0.389 e. The molecule has 2 aromatic rings. The van der Waals surface area contributed by atoms with Crippen LogP contribution in [0.5, 0.6) is 0 Å². The number of benzene rings is 1. The summed E-state index contributed by atoms with van der Waals surface area (Å²) in [6, 6.07) is 4.73. The molecule has 90 valence electrons. The van der Waals surface area contributed by atoms with Crippen molar-refractivity contribution in [1.82, 2.24) is 9.55 Å². The van der Waals surface area contributed by atoms with E-state index in [4.69, 9.17) is 0 Å². The largest absolute Gasteiger partial charge is 0.389 e. The van der Waals surface area contributed by atoms with Gasteiger partial charge >= 0.3 is 0 Å². The zero-order valence-electron chi connectivity index (χ0n) is 10.1. The van der Waals surface area contributed by atoms with Crippen molar-refractivity contribution in [2.75, 3.05) is 0 Å². The third-order valence-electron chi connectivity index (χ3n) is 2.97. The lowest BCUT2D eigenvalue weighted by Gasteiger charge is -2.10. The van der Waals surface area contributed by atoms with Crippen LogP contribution in [0.3, 0.4) is 0 Å². The van der Waals surface area contributed by atoms with E-state index < -0.39 is 6.10 Å². The van der Waals surface area contributed by atoms with Crippen molar-refractivity contribution < 1.29 is 9.50 Å². The number of rotatable bonds is 2. The van der Waals surface area contributed by atoms with Gasteiger partial charge in [-0.15, -0.1) is 0 Å². The van der Waals surface area contributed by atoms with Gasteiger partial charge in [-0.1, -0.05) is 6.07 Å². The highest BCUT2D eigenvalue weighted by Crippen LogP contribution is 2.21. The Morgan fingerprint density at radius 3 is 2.53 bits per heavy atom. The van der Waals surface area contributed by atoms with Gasteiger partial charge in [0.1, 0.15) is 5.82 Å². The van der Waals surface area contributed by atoms with Gasteiger partial charge in [0, 0.05) is 5.69 Å². The molecule has 0 aliphatic rings. The Hall–Kier alpha value is -1.68. The van der Waals surface area contributed by atoms with Gasteiger partial charge in [0.15, 0.2) is 0 Å². The Balaban J connectivity index is 2.50. The first kappa shape index (κ1) is 11.8. The highest BCUT2D eigenvalue weighted by atomic mass is 19.1. The lowest BCUT2D eigenvalue weighted by Crippen LogP contribution is -2.01. The van der Waals surface area contributed by atoms with E-state index in [-0.39, 0.29) is 5.82 Å². The molecule has 0 unspecified atom stereocenters. The van der Waals surface area contributed by atoms with Gasteiger partial charge in [0.2, 0.25) is 0 Å². The van der Waals surface area contributed by atoms with Crippen LogP contribution >= 0.6 is 0 Å². The van der Waals surface area contributed by atoms with Gasteiger partial charge in [-0.3, -0.25) is 0 Å². The lowest BCUT2D eigenvalue weighted by molar-refractivity contribution is 0.199. The lowest BCUT2D eigenvalue weighted by atomic mass is 10.1. The van der Waals surface area contributed by atoms with Crippen molar-refractivity contribution in [2.24, 2.45) is 0 Å². The summed E-state index contributed by atoms with van der Waals surface area (Å²) in [5, 5.41) is 9.38. The van der Waals surface area contributed by atoms with Crippen LogP contribution in [0, 0.1) is 19.7 Å². The number of nitrogens with zero attached hydrogens (tertiary/aromatic N) is 2. The molecule has 0 amide bonds. The minimum atomic E-state index is -0.663. The summed E-state index contributed by atoms with van der Waals surface area (Å²) < 4.78 is 15.6. The number of halogens is 1. The smallest absolute Gasteiger partial charge is 0.147 e. The second-order valence-corrected chi connectivity index (χ2v) is 4.17. The fraction of sp³-hybridized carbons (Fsp3) is 0.308. The Morgan fingerprint density at radius 1 is 1.35 bits per heavy atom. The van der Waals surface area contributed by atoms with E-state index in [0.717, 1.165) is 11.4 Å². The number of hydrogen-bond acceptors (Lipinski definition) is 2. The first-order valence-corrected chi connectivity index (χ1v) is 5.49. The maximum Gasteiger partial charge on any atom is 0.147 e. The standard InChI is InChI=1S/C13H15FN2O/c1-8-9(2)16(7-15-8)13-5-4-11(10(3)17)6-12(13)14/h4-7,10,17H,1-3H3/t10-/m1/s1. The van der Waals surface area contributed by atoms with Gasteiger partial charge in [-0.2, -0.15) is 0 Å². The molecule has 0 aliphatic carbocycles. The minimum absolute atomic E-state index is 0.357. The van der Waals surface area contributed by atoms with Crippen LogP contribution in [0.1, 0.15) is 30.0 Å². The fourth-order valence-corrected chi connectivity index (χ4v) is 1.72. The molecule has 0 radical (unpaired) electrons. The molecule has 0 spiro atoms. The first-order valence-electron chi connectivity index (χ1n) is 5.49. The maximum atomic E-state index is 13.9. The number of hydrogen-bond donors (Lipinski definition) is 1. The molecule has 0 fully saturated rings. The van der Waals surface area contributed by atoms with Crippen molar-refractivity contribution in [2.45, 2.75) is 26.9 Å². The quantitative estimate of drug-likeness (QED) is 0.867. The van der Waals surface area contributed by atoms with E-state index in [0.29, 0.717) is 11.3 Å². The summed E-state index contributed by atoms with van der Waals surface area (Å²) in [4.78, 5) is 4.14. The summed E-state index contributed by atoms with van der Waals surface area (Å²) in [6.45, 7) is 5.39. The molecule has 1 heterocycles. The SMILES string of the molecule is Cc1ncn(-c2ccc([C@@H](C)O)cc2F)c1C. The van der Waals surface area contributed by atoms with Crippen molar-refractivity contribution in [3.63, 3.8) is 0 Å². The van der Waals surface area contributed by atoms with Gasteiger partial charge in [-0.05, 0) is 38.5 Å². The zero-order valence-corrected chi connectivity index (χ0v) is 10.1. The van der Waals surface area contributed by atoms with E-state index in [1.54, 1.807) is 30.0 Å². The summed E-state index contributed by atoms with van der Waals surface area (Å²) in [6.07, 6.45) is 0.940. The molecule has 3 nitrogen and oxygen atoms in total. The third kappa shape index (κ3) is 2.08. The molecule has 1 N–H and O–H groups in total. The second-order valence-electron chi connectivity index (χ2n) is 4.17. The molecule has 1 atom stereocenters. The van der Waals surface area contributed by atoms with Crippen molar-refractivity contribution in [3.8, 4) is 5.69 Å². The molecule has 4 heteroatoms. The van der Waals surface area contributed by atoms with Crippen LogP contribution in [-0.2, 0) is 0 Å². The van der Waals surface area contributed by atoms with E-state index in [2.05, 4.69) is 4.98 Å². The zero-order chi connectivity index (χ0) is 12.6. The van der Waals surface area contributed by atoms with E-state index in [9.17, 15) is 9.50 Å². The molecular formula is C13H15FN2O. The molecule has 2 rings (SSSR count). The predicted octanol–water partition coefficient (Wildman–Crippen LogP) is 2.68. The molecule has 0 saturated carbocycles. The molecule has 1 aromatic carbocycles. The molecule has 1 aromatic heterocycles. The van der Waals surface area contributed by atoms with E-state index in [1.165, 1.54) is 6.07 Å². The van der Waals surface area contributed by atoms with Crippen LogP contribution < -0.4 is 0 Å². The highest BCUT2D eigenvalue weighted by molar-refractivity contribution is 5.39. The van der Waals surface area contributed by atoms with Crippen molar-refractivity contribution in [1.29, 1.82) is 0 Å². The molecule has 0 aliphatic heterocycles. The monoisotopic (exact) mass is 234 g/mol. The fourth-order valence-electron chi connectivity index (χ4n) is 1.72. The van der Waals surface area contributed by atoms with Crippen LogP contribution in [0.15, 0.2) is 24.5 Å². The summed E-state index contributed by atoms with van der Waals surface area (Å²) in [5.41, 5.74) is 2.81. The predicted molar refractivity (Wildman–Crippen MR) is 63.6 cm³/mol. The van der Waals surface area contributed by atoms with Gasteiger partial charge in [0.25, 0.3) is 0 Å². The van der Waals surface area contributed by atoms with Crippen LogP contribution in [0.2, 0.25) is 0 Å². The second kappa shape index (κ2) is 4.30. The average Bonchev–Trinajstić information content (AvgIpc) is 2.60. The van der Waals surface area contributed by atoms with Crippen LogP contribution in [0.4, 0.5) is 4.39 Å². The van der Waals surface area contributed by atoms with Gasteiger partial charge < -0.3 is 9.67 Å². The maximum absolute atomic E-state index is 13.9. The van der Waals surface area contributed by atoms with Gasteiger partial charge in [-0.25, -0.2) is 9.37 Å². The summed E-state index contributed by atoms with van der Waals surface area (Å²) in [7, 11) is 0. The highest BCUT2D eigenvalue weighted by Gasteiger charge is 2.11. The van der Waals surface area contributed by atoms with E-state index >= 15 is 0 Å². The van der Waals surface area contributed by atoms with Crippen LogP contribution in [-0.4, -0.2) is 14.7 Å². The van der Waals surface area contributed by atoms with Gasteiger partial charge in [0.05, 0.1) is 23.8 Å². The number of aromatic nitrogens is 2. The number of imidazole rings is 1. The molecular weight excluding hydrogens is 219 g/mol. The number of aliphatic hydroxyl groups excluding tert-OH is 1. The topological polar surface area (TPSA) is 38.0 Å². The average molecular weight is 234 g/mol. The summed E-state index contributed by atoms with van der Waals surface area (Å²) in [5.74, 6) is -0.357. The molecule has 17 heavy (non-hydrogen) atoms. The number of aryl methyl sites for hydroxylation is 1. The summed E-state index contributed by atoms with van der Waals surface area (Å²) >= 11 is 0. The Labute approximate surface area is 99.5 Å². The first-order chi connectivity index (χ1) is 8.00. The molecule has 0 bridgehead atoms. The Bertz CT molecular complexity index is 546.